The Morgan fingerprint density at radius 3 is 2.38 bits per heavy atom. The lowest BCUT2D eigenvalue weighted by molar-refractivity contribution is -0.139. The molecule has 1 unspecified atom stereocenters. The Balaban J connectivity index is 2.62. The van der Waals surface area contributed by atoms with E-state index in [9.17, 15) is 9.59 Å². The van der Waals surface area contributed by atoms with Gasteiger partial charge in [0.15, 0.2) is 5.78 Å². The smallest absolute Gasteiger partial charge is 0.320 e. The topological polar surface area (TPSA) is 80.4 Å². The third kappa shape index (κ3) is 3.17. The van der Waals surface area contributed by atoms with Gasteiger partial charge in [-0.1, -0.05) is 37.3 Å². The predicted molar refractivity (Wildman–Crippen MR) is 60.2 cm³/mol. The highest BCUT2D eigenvalue weighted by molar-refractivity contribution is 5.96. The fraction of sp³-hybridized carbons (Fsp3) is 0.333. The van der Waals surface area contributed by atoms with Crippen molar-refractivity contribution >= 4 is 11.8 Å². The van der Waals surface area contributed by atoms with Crippen LogP contribution in [-0.2, 0) is 4.79 Å². The SMILES string of the molecule is CC(CC(=O)c1ccccc1)[C@H](N)C(=O)O. The molecule has 86 valence electrons. The number of carboxylic acids is 1. The summed E-state index contributed by atoms with van der Waals surface area (Å²) < 4.78 is 0. The van der Waals surface area contributed by atoms with Gasteiger partial charge in [0.25, 0.3) is 0 Å². The van der Waals surface area contributed by atoms with Gasteiger partial charge in [-0.15, -0.1) is 0 Å². The summed E-state index contributed by atoms with van der Waals surface area (Å²) in [7, 11) is 0. The monoisotopic (exact) mass is 221 g/mol. The zero-order valence-corrected chi connectivity index (χ0v) is 9.09. The Labute approximate surface area is 94.1 Å². The van der Waals surface area contributed by atoms with Crippen LogP contribution in [0.2, 0.25) is 0 Å². The highest BCUT2D eigenvalue weighted by atomic mass is 16.4. The van der Waals surface area contributed by atoms with Crippen molar-refractivity contribution in [3.05, 3.63) is 35.9 Å². The molecule has 0 aromatic heterocycles. The molecule has 4 nitrogen and oxygen atoms in total. The molecule has 0 radical (unpaired) electrons. The lowest BCUT2D eigenvalue weighted by atomic mass is 9.94. The molecule has 0 fully saturated rings. The molecule has 2 atom stereocenters. The molecule has 1 rings (SSSR count). The van der Waals surface area contributed by atoms with Gasteiger partial charge in [0.2, 0.25) is 0 Å². The first-order valence-electron chi connectivity index (χ1n) is 5.09. The number of hydrogen-bond acceptors (Lipinski definition) is 3. The molecule has 4 heteroatoms. The summed E-state index contributed by atoms with van der Waals surface area (Å²) in [5.41, 5.74) is 6.02. The van der Waals surface area contributed by atoms with Gasteiger partial charge in [0, 0.05) is 12.0 Å². The van der Waals surface area contributed by atoms with E-state index in [-0.39, 0.29) is 18.1 Å². The van der Waals surface area contributed by atoms with Gasteiger partial charge in [-0.05, 0) is 5.92 Å². The summed E-state index contributed by atoms with van der Waals surface area (Å²) in [6.07, 6.45) is 0.150. The van der Waals surface area contributed by atoms with Gasteiger partial charge in [0.05, 0.1) is 0 Å². The van der Waals surface area contributed by atoms with E-state index < -0.39 is 12.0 Å². The number of benzene rings is 1. The molecule has 0 amide bonds. The minimum absolute atomic E-state index is 0.0789. The fourth-order valence-electron chi connectivity index (χ4n) is 1.40. The van der Waals surface area contributed by atoms with Crippen molar-refractivity contribution in [3.63, 3.8) is 0 Å². The van der Waals surface area contributed by atoms with E-state index in [0.29, 0.717) is 5.56 Å². The number of rotatable bonds is 5. The number of ketones is 1. The van der Waals surface area contributed by atoms with Crippen LogP contribution in [0.4, 0.5) is 0 Å². The van der Waals surface area contributed by atoms with Crippen molar-refractivity contribution in [1.82, 2.24) is 0 Å². The Morgan fingerprint density at radius 2 is 1.88 bits per heavy atom. The summed E-state index contributed by atoms with van der Waals surface area (Å²) in [6.45, 7) is 1.67. The van der Waals surface area contributed by atoms with Gasteiger partial charge in [-0.3, -0.25) is 9.59 Å². The summed E-state index contributed by atoms with van der Waals surface area (Å²) in [4.78, 5) is 22.4. The van der Waals surface area contributed by atoms with Crippen molar-refractivity contribution < 1.29 is 14.7 Å². The molecule has 1 aromatic rings. The Kier molecular flexibility index (Phi) is 4.19. The summed E-state index contributed by atoms with van der Waals surface area (Å²) in [5, 5.41) is 8.70. The third-order valence-electron chi connectivity index (χ3n) is 2.50. The first-order valence-corrected chi connectivity index (χ1v) is 5.09. The van der Waals surface area contributed by atoms with Crippen LogP contribution in [0.5, 0.6) is 0 Å². The highest BCUT2D eigenvalue weighted by Gasteiger charge is 2.22. The number of hydrogen-bond donors (Lipinski definition) is 2. The van der Waals surface area contributed by atoms with Crippen molar-refractivity contribution in [2.24, 2.45) is 11.7 Å². The standard InChI is InChI=1S/C12H15NO3/c1-8(11(13)12(15)16)7-10(14)9-5-3-2-4-6-9/h2-6,8,11H,7,13H2,1H3,(H,15,16)/t8?,11-/m0/s1. The van der Waals surface area contributed by atoms with E-state index in [4.69, 9.17) is 10.8 Å². The molecule has 0 saturated carbocycles. The normalized spacial score (nSPS) is 14.1. The second-order valence-corrected chi connectivity index (χ2v) is 3.83. The van der Waals surface area contributed by atoms with Gasteiger partial charge in [-0.25, -0.2) is 0 Å². The van der Waals surface area contributed by atoms with E-state index in [1.807, 2.05) is 6.07 Å². The minimum Gasteiger partial charge on any atom is -0.480 e. The summed E-state index contributed by atoms with van der Waals surface area (Å²) in [5.74, 6) is -1.52. The van der Waals surface area contributed by atoms with Crippen LogP contribution in [0.3, 0.4) is 0 Å². The number of carboxylic acid groups (broad SMARTS) is 1. The lowest BCUT2D eigenvalue weighted by Crippen LogP contribution is -2.37. The predicted octanol–water partition coefficient (Wildman–Crippen LogP) is 1.31. The maximum Gasteiger partial charge on any atom is 0.320 e. The average Bonchev–Trinajstić information content (AvgIpc) is 2.28. The Bertz CT molecular complexity index is 375. The zero-order chi connectivity index (χ0) is 12.1. The number of Topliss-reactive ketones (excluding diaryl/α,β-unsaturated/α-hetero) is 1. The van der Waals surface area contributed by atoms with E-state index >= 15 is 0 Å². The van der Waals surface area contributed by atoms with E-state index in [1.54, 1.807) is 31.2 Å². The molecule has 0 spiro atoms. The van der Waals surface area contributed by atoms with Crippen molar-refractivity contribution in [1.29, 1.82) is 0 Å². The molecule has 0 aliphatic carbocycles. The van der Waals surface area contributed by atoms with E-state index in [0.717, 1.165) is 0 Å². The summed E-state index contributed by atoms with van der Waals surface area (Å²) in [6, 6.07) is 7.79. The molecule has 0 saturated heterocycles. The number of carbonyl (C=O) groups excluding carboxylic acids is 1. The van der Waals surface area contributed by atoms with Crippen LogP contribution in [0.15, 0.2) is 30.3 Å². The quantitative estimate of drug-likeness (QED) is 0.734. The van der Waals surface area contributed by atoms with E-state index in [1.165, 1.54) is 0 Å². The van der Waals surface area contributed by atoms with Crippen LogP contribution < -0.4 is 5.73 Å². The summed E-state index contributed by atoms with van der Waals surface area (Å²) >= 11 is 0. The van der Waals surface area contributed by atoms with Gasteiger partial charge in [0.1, 0.15) is 6.04 Å². The third-order valence-corrected chi connectivity index (χ3v) is 2.50. The molecular weight excluding hydrogens is 206 g/mol. The van der Waals surface area contributed by atoms with Gasteiger partial charge >= 0.3 is 5.97 Å². The van der Waals surface area contributed by atoms with Crippen LogP contribution in [-0.4, -0.2) is 22.9 Å². The van der Waals surface area contributed by atoms with Crippen LogP contribution in [0.25, 0.3) is 0 Å². The molecular formula is C12H15NO3. The molecule has 3 N–H and O–H groups in total. The molecule has 0 heterocycles. The zero-order valence-electron chi connectivity index (χ0n) is 9.09. The number of aliphatic carboxylic acids is 1. The van der Waals surface area contributed by atoms with Crippen LogP contribution in [0, 0.1) is 5.92 Å². The van der Waals surface area contributed by atoms with Crippen molar-refractivity contribution in [3.8, 4) is 0 Å². The first-order chi connectivity index (χ1) is 7.52. The van der Waals surface area contributed by atoms with Crippen molar-refractivity contribution in [2.75, 3.05) is 0 Å². The van der Waals surface area contributed by atoms with Gasteiger partial charge < -0.3 is 10.8 Å². The molecule has 0 aliphatic rings. The second-order valence-electron chi connectivity index (χ2n) is 3.83. The molecule has 16 heavy (non-hydrogen) atoms. The second kappa shape index (κ2) is 5.42. The maximum atomic E-state index is 11.7. The molecule has 0 aliphatic heterocycles. The average molecular weight is 221 g/mol. The molecule has 1 aromatic carbocycles. The number of carbonyl (C=O) groups is 2. The largest absolute Gasteiger partial charge is 0.480 e. The highest BCUT2D eigenvalue weighted by Crippen LogP contribution is 2.12. The minimum atomic E-state index is -1.08. The van der Waals surface area contributed by atoms with E-state index in [2.05, 4.69) is 0 Å². The van der Waals surface area contributed by atoms with Crippen molar-refractivity contribution in [2.45, 2.75) is 19.4 Å². The lowest BCUT2D eigenvalue weighted by Gasteiger charge is -2.14. The maximum absolute atomic E-state index is 11.7. The first kappa shape index (κ1) is 12.4. The van der Waals surface area contributed by atoms with Crippen LogP contribution in [0.1, 0.15) is 23.7 Å². The van der Waals surface area contributed by atoms with Gasteiger partial charge in [-0.2, -0.15) is 0 Å². The Hall–Kier alpha value is -1.68. The van der Waals surface area contributed by atoms with Crippen LogP contribution >= 0.6 is 0 Å². The Morgan fingerprint density at radius 1 is 1.31 bits per heavy atom. The number of nitrogens with two attached hydrogens (primary N) is 1. The fourth-order valence-corrected chi connectivity index (χ4v) is 1.40. The molecule has 0 bridgehead atoms.